The van der Waals surface area contributed by atoms with Gasteiger partial charge in [-0.1, -0.05) is 60.1 Å². The van der Waals surface area contributed by atoms with E-state index in [9.17, 15) is 9.59 Å². The maximum absolute atomic E-state index is 12.8. The normalized spacial score (nSPS) is 14.6. The fourth-order valence-electron chi connectivity index (χ4n) is 4.03. The number of esters is 1. The number of carbonyl (C=O) groups is 2. The minimum absolute atomic E-state index is 0.133. The number of thiophene rings is 1. The third-order valence-electron chi connectivity index (χ3n) is 5.79. The van der Waals surface area contributed by atoms with Gasteiger partial charge in [0.25, 0.3) is 0 Å². The van der Waals surface area contributed by atoms with Crippen molar-refractivity contribution < 1.29 is 14.3 Å². The zero-order chi connectivity index (χ0) is 23.9. The number of hydrogen-bond acceptors (Lipinski definition) is 6. The molecule has 3 aromatic rings. The Bertz CT molecular complexity index is 1130. The smallest absolute Gasteiger partial charge is 0.341 e. The molecule has 1 aliphatic rings. The van der Waals surface area contributed by atoms with Gasteiger partial charge in [-0.15, -0.1) is 11.3 Å². The lowest BCUT2D eigenvalue weighted by Crippen LogP contribution is -2.48. The highest BCUT2D eigenvalue weighted by Gasteiger charge is 2.24. The van der Waals surface area contributed by atoms with Crippen molar-refractivity contribution >= 4 is 39.8 Å². The van der Waals surface area contributed by atoms with E-state index in [2.05, 4.69) is 15.1 Å². The topological polar surface area (TPSA) is 61.9 Å². The number of hydrogen-bond donors (Lipinski definition) is 1. The summed E-state index contributed by atoms with van der Waals surface area (Å²) in [5.41, 5.74) is 3.22. The molecule has 1 amide bonds. The standard InChI is InChI=1S/C26H28ClN3O3S/c1-2-33-26(32)24-21(19-8-4-3-5-9-19)18-34-25(24)28-23(31)17-30-14-12-29(13-15-30)16-20-10-6-7-11-22(20)27/h3-11,18H,2,12-17H2,1H3,(H,28,31). The Morgan fingerprint density at radius 1 is 1.00 bits per heavy atom. The molecule has 0 atom stereocenters. The maximum atomic E-state index is 12.8. The summed E-state index contributed by atoms with van der Waals surface area (Å²) in [6, 6.07) is 17.6. The molecule has 2 heterocycles. The molecule has 1 fully saturated rings. The van der Waals surface area contributed by atoms with Crippen LogP contribution in [0.1, 0.15) is 22.8 Å². The van der Waals surface area contributed by atoms with Gasteiger partial charge in [0.1, 0.15) is 10.6 Å². The van der Waals surface area contributed by atoms with E-state index in [-0.39, 0.29) is 19.1 Å². The molecule has 178 valence electrons. The monoisotopic (exact) mass is 497 g/mol. The Balaban J connectivity index is 1.36. The molecule has 1 N–H and O–H groups in total. The van der Waals surface area contributed by atoms with Gasteiger partial charge in [0, 0.05) is 48.7 Å². The van der Waals surface area contributed by atoms with Crippen molar-refractivity contribution in [3.05, 3.63) is 76.1 Å². The number of nitrogens with zero attached hydrogens (tertiary/aromatic N) is 2. The highest BCUT2D eigenvalue weighted by molar-refractivity contribution is 7.15. The average molecular weight is 498 g/mol. The van der Waals surface area contributed by atoms with Crippen LogP contribution < -0.4 is 5.32 Å². The second-order valence-corrected chi connectivity index (χ2v) is 9.42. The van der Waals surface area contributed by atoms with Crippen LogP contribution in [0.25, 0.3) is 11.1 Å². The van der Waals surface area contributed by atoms with Crippen molar-refractivity contribution in [2.75, 3.05) is 44.6 Å². The zero-order valence-electron chi connectivity index (χ0n) is 19.1. The number of nitrogens with one attached hydrogen (secondary N) is 1. The highest BCUT2D eigenvalue weighted by atomic mass is 35.5. The van der Waals surface area contributed by atoms with Crippen LogP contribution in [0.4, 0.5) is 5.00 Å². The Morgan fingerprint density at radius 3 is 2.38 bits per heavy atom. The number of piperazine rings is 1. The lowest BCUT2D eigenvalue weighted by Gasteiger charge is -2.34. The van der Waals surface area contributed by atoms with Crippen LogP contribution in [0.5, 0.6) is 0 Å². The average Bonchev–Trinajstić information content (AvgIpc) is 3.26. The van der Waals surface area contributed by atoms with Gasteiger partial charge in [-0.25, -0.2) is 4.79 Å². The molecule has 0 radical (unpaired) electrons. The summed E-state index contributed by atoms with van der Waals surface area (Å²) in [4.78, 5) is 30.0. The molecule has 0 aliphatic carbocycles. The first-order chi connectivity index (χ1) is 16.5. The molecule has 1 aromatic heterocycles. The highest BCUT2D eigenvalue weighted by Crippen LogP contribution is 2.36. The summed E-state index contributed by atoms with van der Waals surface area (Å²) in [5.74, 6) is -0.558. The van der Waals surface area contributed by atoms with Gasteiger partial charge < -0.3 is 10.1 Å². The second kappa shape index (κ2) is 11.6. The Morgan fingerprint density at radius 2 is 1.68 bits per heavy atom. The molecule has 6 nitrogen and oxygen atoms in total. The van der Waals surface area contributed by atoms with Gasteiger partial charge in [0.05, 0.1) is 13.2 Å². The van der Waals surface area contributed by atoms with Crippen molar-refractivity contribution in [2.24, 2.45) is 0 Å². The van der Waals surface area contributed by atoms with Crippen LogP contribution in [0, 0.1) is 0 Å². The van der Waals surface area contributed by atoms with Gasteiger partial charge in [0.2, 0.25) is 5.91 Å². The van der Waals surface area contributed by atoms with E-state index in [0.717, 1.165) is 54.4 Å². The third-order valence-corrected chi connectivity index (χ3v) is 7.06. The molecule has 8 heteroatoms. The van der Waals surface area contributed by atoms with Crippen LogP contribution in [-0.4, -0.2) is 61.0 Å². The number of carbonyl (C=O) groups excluding carboxylic acids is 2. The molecule has 0 bridgehead atoms. The van der Waals surface area contributed by atoms with Gasteiger partial charge in [-0.2, -0.15) is 0 Å². The minimum Gasteiger partial charge on any atom is -0.462 e. The minimum atomic E-state index is -0.425. The summed E-state index contributed by atoms with van der Waals surface area (Å²) < 4.78 is 5.28. The summed E-state index contributed by atoms with van der Waals surface area (Å²) in [6.07, 6.45) is 0. The molecule has 2 aromatic carbocycles. The molecular formula is C26H28ClN3O3S. The molecule has 0 saturated carbocycles. The van der Waals surface area contributed by atoms with Crippen molar-refractivity contribution in [2.45, 2.75) is 13.5 Å². The SMILES string of the molecule is CCOC(=O)c1c(-c2ccccc2)csc1NC(=O)CN1CCN(Cc2ccccc2Cl)CC1. The third kappa shape index (κ3) is 6.04. The zero-order valence-corrected chi connectivity index (χ0v) is 20.7. The lowest BCUT2D eigenvalue weighted by atomic mass is 10.0. The lowest BCUT2D eigenvalue weighted by molar-refractivity contribution is -0.117. The van der Waals surface area contributed by atoms with Gasteiger partial charge >= 0.3 is 5.97 Å². The molecule has 4 rings (SSSR count). The largest absolute Gasteiger partial charge is 0.462 e. The van der Waals surface area contributed by atoms with E-state index < -0.39 is 5.97 Å². The van der Waals surface area contributed by atoms with Gasteiger partial charge in [-0.05, 0) is 24.1 Å². The van der Waals surface area contributed by atoms with Gasteiger partial charge in [-0.3, -0.25) is 14.6 Å². The quantitative estimate of drug-likeness (QED) is 0.444. The summed E-state index contributed by atoms with van der Waals surface area (Å²) in [6.45, 7) is 6.45. The van der Waals surface area contributed by atoms with Crippen LogP contribution in [-0.2, 0) is 16.1 Å². The summed E-state index contributed by atoms with van der Waals surface area (Å²) in [7, 11) is 0. The number of amides is 1. The van der Waals surface area contributed by atoms with Crippen LogP contribution in [0.2, 0.25) is 5.02 Å². The number of benzene rings is 2. The number of halogens is 1. The number of anilines is 1. The van der Waals surface area contributed by atoms with Crippen molar-refractivity contribution in [1.82, 2.24) is 9.80 Å². The second-order valence-electron chi connectivity index (χ2n) is 8.13. The summed E-state index contributed by atoms with van der Waals surface area (Å²) in [5, 5.41) is 6.16. The van der Waals surface area contributed by atoms with E-state index in [4.69, 9.17) is 16.3 Å². The number of ether oxygens (including phenoxy) is 1. The molecule has 34 heavy (non-hydrogen) atoms. The molecular weight excluding hydrogens is 470 g/mol. The van der Waals surface area contributed by atoms with E-state index in [1.54, 1.807) is 6.92 Å². The van der Waals surface area contributed by atoms with Crippen molar-refractivity contribution in [1.29, 1.82) is 0 Å². The first kappa shape index (κ1) is 24.4. The van der Waals surface area contributed by atoms with E-state index in [1.807, 2.05) is 60.0 Å². The first-order valence-electron chi connectivity index (χ1n) is 11.4. The molecule has 1 aliphatic heterocycles. The predicted molar refractivity (Wildman–Crippen MR) is 138 cm³/mol. The first-order valence-corrected chi connectivity index (χ1v) is 12.6. The van der Waals surface area contributed by atoms with Crippen molar-refractivity contribution in [3.63, 3.8) is 0 Å². The Kier molecular flexibility index (Phi) is 8.34. The Labute approximate surface area is 209 Å². The molecule has 1 saturated heterocycles. The molecule has 0 unspecified atom stereocenters. The van der Waals surface area contributed by atoms with E-state index in [1.165, 1.54) is 11.3 Å². The number of rotatable bonds is 8. The van der Waals surface area contributed by atoms with Crippen LogP contribution in [0.15, 0.2) is 60.0 Å². The maximum Gasteiger partial charge on any atom is 0.341 e. The van der Waals surface area contributed by atoms with Crippen LogP contribution >= 0.6 is 22.9 Å². The van der Waals surface area contributed by atoms with E-state index >= 15 is 0 Å². The van der Waals surface area contributed by atoms with E-state index in [0.29, 0.717) is 10.6 Å². The van der Waals surface area contributed by atoms with Gasteiger partial charge in [0.15, 0.2) is 0 Å². The summed E-state index contributed by atoms with van der Waals surface area (Å²) >= 11 is 7.64. The van der Waals surface area contributed by atoms with Crippen molar-refractivity contribution in [3.8, 4) is 11.1 Å². The molecule has 0 spiro atoms. The Hall–Kier alpha value is -2.71. The van der Waals surface area contributed by atoms with Crippen LogP contribution in [0.3, 0.4) is 0 Å². The predicted octanol–water partition coefficient (Wildman–Crippen LogP) is 5.00. The fraction of sp³-hybridized carbons (Fsp3) is 0.308. The fourth-order valence-corrected chi connectivity index (χ4v) is 5.20.